The number of nitrogens with zero attached hydrogens (tertiary/aromatic N) is 1. The lowest BCUT2D eigenvalue weighted by Crippen LogP contribution is -2.01. The second-order valence-corrected chi connectivity index (χ2v) is 6.33. The first-order chi connectivity index (χ1) is 11.8. The monoisotopic (exact) mass is 374 g/mol. The minimum absolute atomic E-state index is 0.924. The highest BCUT2D eigenvalue weighted by atomic mass is 79.9. The summed E-state index contributed by atoms with van der Waals surface area (Å²) in [5.74, 6) is 0. The Morgan fingerprint density at radius 2 is 1.25 bits per heavy atom. The molecule has 3 heteroatoms. The molecule has 0 aliphatic heterocycles. The molecule has 116 valence electrons. The van der Waals surface area contributed by atoms with Crippen LogP contribution in [0.1, 0.15) is 16.7 Å². The van der Waals surface area contributed by atoms with Gasteiger partial charge in [0.05, 0.1) is 10.2 Å². The molecule has 1 aliphatic rings. The highest BCUT2D eigenvalue weighted by Crippen LogP contribution is 2.40. The van der Waals surface area contributed by atoms with Crippen LogP contribution in [0.25, 0.3) is 5.57 Å². The Hall–Kier alpha value is -2.65. The van der Waals surface area contributed by atoms with Crippen LogP contribution in [-0.4, -0.2) is 5.71 Å². The number of rotatable bonds is 3. The van der Waals surface area contributed by atoms with Crippen LogP contribution in [0.4, 0.5) is 5.69 Å². The van der Waals surface area contributed by atoms with Crippen LogP contribution in [0.3, 0.4) is 0 Å². The first-order valence-electron chi connectivity index (χ1n) is 7.78. The van der Waals surface area contributed by atoms with Crippen molar-refractivity contribution >= 4 is 32.9 Å². The number of hydrogen-bond acceptors (Lipinski definition) is 2. The van der Waals surface area contributed by atoms with Gasteiger partial charge in [0.2, 0.25) is 0 Å². The van der Waals surface area contributed by atoms with Gasteiger partial charge < -0.3 is 0 Å². The fourth-order valence-electron chi connectivity index (χ4n) is 2.89. The molecule has 4 rings (SSSR count). The summed E-state index contributed by atoms with van der Waals surface area (Å²) in [4.78, 5) is 0. The van der Waals surface area contributed by atoms with Crippen molar-refractivity contribution in [2.45, 2.75) is 0 Å². The van der Waals surface area contributed by atoms with Gasteiger partial charge in [-0.25, -0.2) is 0 Å². The Kier molecular flexibility index (Phi) is 4.01. The summed E-state index contributed by atoms with van der Waals surface area (Å²) >= 11 is 3.77. The minimum atomic E-state index is 0.924. The zero-order valence-electron chi connectivity index (χ0n) is 12.9. The second kappa shape index (κ2) is 6.46. The van der Waals surface area contributed by atoms with Crippen molar-refractivity contribution < 1.29 is 0 Å². The molecule has 0 fully saturated rings. The number of hydrogen-bond donors (Lipinski definition) is 1. The van der Waals surface area contributed by atoms with Crippen LogP contribution in [-0.2, 0) is 0 Å². The predicted molar refractivity (Wildman–Crippen MR) is 104 cm³/mol. The van der Waals surface area contributed by atoms with Crippen molar-refractivity contribution in [1.29, 1.82) is 0 Å². The van der Waals surface area contributed by atoms with E-state index >= 15 is 0 Å². The quantitative estimate of drug-likeness (QED) is 0.586. The van der Waals surface area contributed by atoms with Crippen molar-refractivity contribution in [3.63, 3.8) is 0 Å². The van der Waals surface area contributed by atoms with Gasteiger partial charge in [0.25, 0.3) is 0 Å². The molecule has 1 aliphatic carbocycles. The molecule has 0 aromatic heterocycles. The Balaban J connectivity index is 1.81. The van der Waals surface area contributed by atoms with E-state index in [4.69, 9.17) is 0 Å². The molecule has 3 aromatic carbocycles. The molecule has 1 N–H and O–H groups in total. The number of hydrazone groups is 1. The van der Waals surface area contributed by atoms with E-state index < -0.39 is 0 Å². The largest absolute Gasteiger partial charge is 0.278 e. The van der Waals surface area contributed by atoms with Gasteiger partial charge in [-0.15, -0.1) is 0 Å². The summed E-state index contributed by atoms with van der Waals surface area (Å²) < 4.78 is 1.01. The molecule has 24 heavy (non-hydrogen) atoms. The number of halogens is 1. The molecular formula is C21H15BrN2. The van der Waals surface area contributed by atoms with Gasteiger partial charge in [-0.05, 0) is 39.2 Å². The maximum atomic E-state index is 4.65. The van der Waals surface area contributed by atoms with Crippen molar-refractivity contribution in [2.75, 3.05) is 5.43 Å². The van der Waals surface area contributed by atoms with Gasteiger partial charge >= 0.3 is 0 Å². The van der Waals surface area contributed by atoms with Gasteiger partial charge in [-0.2, -0.15) is 5.10 Å². The summed E-state index contributed by atoms with van der Waals surface area (Å²) in [6.07, 6.45) is 0. The maximum absolute atomic E-state index is 4.65. The molecule has 3 aromatic rings. The van der Waals surface area contributed by atoms with E-state index in [1.54, 1.807) is 0 Å². The van der Waals surface area contributed by atoms with E-state index in [0.29, 0.717) is 0 Å². The van der Waals surface area contributed by atoms with Crippen molar-refractivity contribution in [1.82, 2.24) is 0 Å². The van der Waals surface area contributed by atoms with Crippen molar-refractivity contribution in [3.05, 3.63) is 106 Å². The first-order valence-corrected chi connectivity index (χ1v) is 8.58. The van der Waals surface area contributed by atoms with E-state index in [9.17, 15) is 0 Å². The van der Waals surface area contributed by atoms with Crippen LogP contribution >= 0.6 is 15.9 Å². The number of nitrogens with one attached hydrogen (secondary N) is 1. The molecule has 0 radical (unpaired) electrons. The number of anilines is 1. The van der Waals surface area contributed by atoms with Crippen LogP contribution in [0.2, 0.25) is 0 Å². The molecule has 0 amide bonds. The third-order valence-electron chi connectivity index (χ3n) is 4.01. The lowest BCUT2D eigenvalue weighted by Gasteiger charge is -2.05. The Morgan fingerprint density at radius 1 is 0.667 bits per heavy atom. The smallest absolute Gasteiger partial charge is 0.106 e. The average molecular weight is 375 g/mol. The molecular weight excluding hydrogens is 360 g/mol. The van der Waals surface area contributed by atoms with Gasteiger partial charge in [0.15, 0.2) is 0 Å². The van der Waals surface area contributed by atoms with Crippen LogP contribution in [0.15, 0.2) is 94.5 Å². The van der Waals surface area contributed by atoms with Crippen molar-refractivity contribution in [3.8, 4) is 0 Å². The molecule has 2 nitrogen and oxygen atoms in total. The first kappa shape index (κ1) is 14.9. The Labute approximate surface area is 149 Å². The summed E-state index contributed by atoms with van der Waals surface area (Å²) in [5, 5.41) is 4.65. The van der Waals surface area contributed by atoms with Gasteiger partial charge in [0, 0.05) is 11.1 Å². The van der Waals surface area contributed by atoms with Crippen LogP contribution in [0.5, 0.6) is 0 Å². The Bertz CT molecular complexity index is 928. The van der Waals surface area contributed by atoms with E-state index in [0.717, 1.165) is 21.4 Å². The molecule has 0 bridgehead atoms. The van der Waals surface area contributed by atoms with Gasteiger partial charge in [-0.3, -0.25) is 5.43 Å². The number of benzene rings is 3. The van der Waals surface area contributed by atoms with E-state index in [1.807, 2.05) is 42.5 Å². The number of fused-ring (bicyclic) bond motifs is 1. The predicted octanol–water partition coefficient (Wildman–Crippen LogP) is 5.67. The summed E-state index contributed by atoms with van der Waals surface area (Å²) in [7, 11) is 0. The molecule has 0 heterocycles. The molecule has 0 saturated heterocycles. The highest BCUT2D eigenvalue weighted by Gasteiger charge is 2.27. The third-order valence-corrected chi connectivity index (χ3v) is 4.78. The van der Waals surface area contributed by atoms with Gasteiger partial charge in [0.1, 0.15) is 5.71 Å². The highest BCUT2D eigenvalue weighted by molar-refractivity contribution is 9.12. The maximum Gasteiger partial charge on any atom is 0.106 e. The summed E-state index contributed by atoms with van der Waals surface area (Å²) in [5.41, 5.74) is 9.74. The van der Waals surface area contributed by atoms with Crippen LogP contribution in [0, 0.1) is 0 Å². The molecule has 0 spiro atoms. The number of para-hydroxylation sites is 1. The normalized spacial score (nSPS) is 14.8. The lowest BCUT2D eigenvalue weighted by atomic mass is 9.99. The van der Waals surface area contributed by atoms with E-state index in [1.165, 1.54) is 16.7 Å². The number of allylic oxidation sites excluding steroid dienone is 1. The zero-order chi connectivity index (χ0) is 16.4. The zero-order valence-corrected chi connectivity index (χ0v) is 14.5. The third kappa shape index (κ3) is 2.68. The fourth-order valence-corrected chi connectivity index (χ4v) is 3.64. The van der Waals surface area contributed by atoms with Crippen LogP contribution < -0.4 is 5.43 Å². The SMILES string of the molecule is BrC1=C(c2ccccc2)c2ccccc2/C1=N/Nc1ccccc1. The molecule has 0 unspecified atom stereocenters. The standard InChI is InChI=1S/C21H15BrN2/c22-20-19(15-9-3-1-4-10-15)17-13-7-8-14-18(17)21(20)24-23-16-11-5-2-6-12-16/h1-14,23H/b24-21-. The second-order valence-electron chi connectivity index (χ2n) is 5.54. The molecule has 0 atom stereocenters. The average Bonchev–Trinajstić information content (AvgIpc) is 2.93. The Morgan fingerprint density at radius 3 is 1.96 bits per heavy atom. The fraction of sp³-hybridized carbons (Fsp3) is 0. The van der Waals surface area contributed by atoms with E-state index in [-0.39, 0.29) is 0 Å². The van der Waals surface area contributed by atoms with E-state index in [2.05, 4.69) is 68.9 Å². The topological polar surface area (TPSA) is 24.4 Å². The summed E-state index contributed by atoms with van der Waals surface area (Å²) in [6, 6.07) is 28.7. The summed E-state index contributed by atoms with van der Waals surface area (Å²) in [6.45, 7) is 0. The van der Waals surface area contributed by atoms with Gasteiger partial charge in [-0.1, -0.05) is 72.8 Å². The van der Waals surface area contributed by atoms with Crippen molar-refractivity contribution in [2.24, 2.45) is 5.10 Å². The minimum Gasteiger partial charge on any atom is -0.278 e. The lowest BCUT2D eigenvalue weighted by molar-refractivity contribution is 1.34. The molecule has 0 saturated carbocycles.